The third-order valence-electron chi connectivity index (χ3n) is 6.62. The van der Waals surface area contributed by atoms with Gasteiger partial charge in [0.1, 0.15) is 11.5 Å². The van der Waals surface area contributed by atoms with E-state index in [-0.39, 0.29) is 11.3 Å². The van der Waals surface area contributed by atoms with Crippen molar-refractivity contribution in [3.63, 3.8) is 0 Å². The standard InChI is InChI=1S/C23H36N2O4/c1-5-13-25(20-15-21(29-6-2)23(20)11-7-8-12-23)16-22(26)24-18-14-17(27-3)9-10-19(18)28-4/h9-10,14,20-21H,5-8,11-13,15-16H2,1-4H3,(H,24,26)/t20-,21-/m1/s1. The summed E-state index contributed by atoms with van der Waals surface area (Å²) in [5.74, 6) is 1.31. The van der Waals surface area contributed by atoms with Gasteiger partial charge in [0.2, 0.25) is 5.91 Å². The van der Waals surface area contributed by atoms with E-state index in [0.29, 0.717) is 35.9 Å². The van der Waals surface area contributed by atoms with Crippen molar-refractivity contribution < 1.29 is 19.0 Å². The second-order valence-corrected chi connectivity index (χ2v) is 8.22. The van der Waals surface area contributed by atoms with Gasteiger partial charge < -0.3 is 19.5 Å². The van der Waals surface area contributed by atoms with Gasteiger partial charge in [-0.1, -0.05) is 19.8 Å². The molecule has 162 valence electrons. The Bertz CT molecular complexity index is 687. The van der Waals surface area contributed by atoms with Crippen molar-refractivity contribution in [3.8, 4) is 11.5 Å². The number of rotatable bonds is 10. The molecule has 0 saturated heterocycles. The van der Waals surface area contributed by atoms with E-state index in [0.717, 1.165) is 26.0 Å². The van der Waals surface area contributed by atoms with Gasteiger partial charge in [-0.15, -0.1) is 0 Å². The van der Waals surface area contributed by atoms with E-state index >= 15 is 0 Å². The fourth-order valence-corrected chi connectivity index (χ4v) is 5.28. The molecule has 0 bridgehead atoms. The number of anilines is 1. The van der Waals surface area contributed by atoms with E-state index in [1.165, 1.54) is 25.7 Å². The molecule has 1 spiro atoms. The minimum atomic E-state index is -0.0157. The lowest BCUT2D eigenvalue weighted by atomic mass is 9.60. The first-order valence-electron chi connectivity index (χ1n) is 11.0. The van der Waals surface area contributed by atoms with Gasteiger partial charge in [-0.2, -0.15) is 0 Å². The fourth-order valence-electron chi connectivity index (χ4n) is 5.28. The highest BCUT2D eigenvalue weighted by atomic mass is 16.5. The lowest BCUT2D eigenvalue weighted by Gasteiger charge is -2.57. The van der Waals surface area contributed by atoms with Crippen LogP contribution in [0.3, 0.4) is 0 Å². The van der Waals surface area contributed by atoms with Gasteiger partial charge in [0.15, 0.2) is 0 Å². The molecule has 1 aromatic rings. The van der Waals surface area contributed by atoms with Gasteiger partial charge >= 0.3 is 0 Å². The Morgan fingerprint density at radius 1 is 1.21 bits per heavy atom. The minimum Gasteiger partial charge on any atom is -0.497 e. The van der Waals surface area contributed by atoms with Crippen LogP contribution in [0.15, 0.2) is 18.2 Å². The topological polar surface area (TPSA) is 60.0 Å². The SMILES string of the molecule is CCCN(CC(=O)Nc1cc(OC)ccc1OC)[C@@H]1C[C@@H](OCC)C12CCCC2. The summed E-state index contributed by atoms with van der Waals surface area (Å²) in [5.41, 5.74) is 0.878. The average molecular weight is 405 g/mol. The van der Waals surface area contributed by atoms with Crippen LogP contribution in [0.25, 0.3) is 0 Å². The number of hydrogen-bond acceptors (Lipinski definition) is 5. The Morgan fingerprint density at radius 3 is 2.59 bits per heavy atom. The van der Waals surface area contributed by atoms with Crippen molar-refractivity contribution in [1.82, 2.24) is 4.90 Å². The van der Waals surface area contributed by atoms with Crippen LogP contribution in [0.4, 0.5) is 5.69 Å². The van der Waals surface area contributed by atoms with Crippen LogP contribution in [0.1, 0.15) is 52.4 Å². The summed E-state index contributed by atoms with van der Waals surface area (Å²) in [6.07, 6.45) is 7.38. The normalized spacial score (nSPS) is 22.5. The fraction of sp³-hybridized carbons (Fsp3) is 0.696. The number of methoxy groups -OCH3 is 2. The molecule has 2 aliphatic carbocycles. The molecule has 2 aliphatic rings. The Kier molecular flexibility index (Phi) is 7.41. The van der Waals surface area contributed by atoms with Crippen molar-refractivity contribution >= 4 is 11.6 Å². The van der Waals surface area contributed by atoms with E-state index in [2.05, 4.69) is 24.1 Å². The number of ether oxygens (including phenoxy) is 3. The molecule has 2 fully saturated rings. The molecule has 29 heavy (non-hydrogen) atoms. The summed E-state index contributed by atoms with van der Waals surface area (Å²) in [5, 5.41) is 3.03. The number of amides is 1. The van der Waals surface area contributed by atoms with Gasteiger partial charge in [0.25, 0.3) is 0 Å². The van der Waals surface area contributed by atoms with Crippen molar-refractivity contribution in [3.05, 3.63) is 18.2 Å². The Hall–Kier alpha value is -1.79. The van der Waals surface area contributed by atoms with E-state index in [1.807, 2.05) is 12.1 Å². The molecule has 0 heterocycles. The van der Waals surface area contributed by atoms with Crippen LogP contribution in [-0.2, 0) is 9.53 Å². The molecule has 0 aromatic heterocycles. The van der Waals surface area contributed by atoms with Crippen LogP contribution in [0, 0.1) is 5.41 Å². The predicted octanol–water partition coefficient (Wildman–Crippen LogP) is 4.09. The van der Waals surface area contributed by atoms with Crippen molar-refractivity contribution in [2.75, 3.05) is 39.2 Å². The zero-order valence-corrected chi connectivity index (χ0v) is 18.3. The Balaban J connectivity index is 1.70. The molecule has 3 rings (SSSR count). The molecule has 2 atom stereocenters. The molecular weight excluding hydrogens is 368 g/mol. The first kappa shape index (κ1) is 21.9. The van der Waals surface area contributed by atoms with Crippen molar-refractivity contribution in [1.29, 1.82) is 0 Å². The first-order chi connectivity index (χ1) is 14.1. The van der Waals surface area contributed by atoms with Crippen LogP contribution >= 0.6 is 0 Å². The molecule has 0 unspecified atom stereocenters. The Morgan fingerprint density at radius 2 is 1.97 bits per heavy atom. The number of nitrogens with one attached hydrogen (secondary N) is 1. The molecule has 1 N–H and O–H groups in total. The lowest BCUT2D eigenvalue weighted by molar-refractivity contribution is -0.166. The summed E-state index contributed by atoms with van der Waals surface area (Å²) in [6, 6.07) is 5.86. The van der Waals surface area contributed by atoms with Crippen molar-refractivity contribution in [2.45, 2.75) is 64.5 Å². The number of carbonyl (C=O) groups excluding carboxylic acids is 1. The highest BCUT2D eigenvalue weighted by molar-refractivity contribution is 5.94. The van der Waals surface area contributed by atoms with Crippen molar-refractivity contribution in [2.24, 2.45) is 5.41 Å². The van der Waals surface area contributed by atoms with Gasteiger partial charge in [0, 0.05) is 24.1 Å². The van der Waals surface area contributed by atoms with E-state index < -0.39 is 0 Å². The highest BCUT2D eigenvalue weighted by Gasteiger charge is 2.58. The molecule has 2 saturated carbocycles. The van der Waals surface area contributed by atoms with Crippen LogP contribution in [0.2, 0.25) is 0 Å². The third kappa shape index (κ3) is 4.53. The number of carbonyl (C=O) groups is 1. The number of nitrogens with zero attached hydrogens (tertiary/aromatic N) is 1. The smallest absolute Gasteiger partial charge is 0.238 e. The molecular formula is C23H36N2O4. The van der Waals surface area contributed by atoms with Gasteiger partial charge in [0.05, 0.1) is 32.6 Å². The third-order valence-corrected chi connectivity index (χ3v) is 6.62. The Labute approximate surface area is 174 Å². The summed E-state index contributed by atoms with van der Waals surface area (Å²) in [4.78, 5) is 15.3. The summed E-state index contributed by atoms with van der Waals surface area (Å²) >= 11 is 0. The van der Waals surface area contributed by atoms with Gasteiger partial charge in [-0.25, -0.2) is 0 Å². The summed E-state index contributed by atoms with van der Waals surface area (Å²) < 4.78 is 16.8. The summed E-state index contributed by atoms with van der Waals surface area (Å²) in [6.45, 7) is 6.33. The van der Waals surface area contributed by atoms with Crippen LogP contribution in [-0.4, -0.2) is 56.9 Å². The molecule has 1 amide bonds. The maximum absolute atomic E-state index is 12.9. The average Bonchev–Trinajstić information content (AvgIpc) is 3.23. The molecule has 6 nitrogen and oxygen atoms in total. The zero-order chi connectivity index (χ0) is 20.9. The maximum Gasteiger partial charge on any atom is 0.238 e. The molecule has 0 radical (unpaired) electrons. The lowest BCUT2D eigenvalue weighted by Crippen LogP contribution is -2.64. The highest BCUT2D eigenvalue weighted by Crippen LogP contribution is 2.56. The zero-order valence-electron chi connectivity index (χ0n) is 18.3. The second-order valence-electron chi connectivity index (χ2n) is 8.22. The predicted molar refractivity (Wildman–Crippen MR) is 115 cm³/mol. The van der Waals surface area contributed by atoms with E-state index in [1.54, 1.807) is 20.3 Å². The van der Waals surface area contributed by atoms with Gasteiger partial charge in [-0.05, 0) is 51.3 Å². The quantitative estimate of drug-likeness (QED) is 0.636. The van der Waals surface area contributed by atoms with E-state index in [9.17, 15) is 4.79 Å². The molecule has 0 aliphatic heterocycles. The molecule has 1 aromatic carbocycles. The largest absolute Gasteiger partial charge is 0.497 e. The minimum absolute atomic E-state index is 0.0157. The van der Waals surface area contributed by atoms with E-state index in [4.69, 9.17) is 14.2 Å². The summed E-state index contributed by atoms with van der Waals surface area (Å²) in [7, 11) is 3.22. The van der Waals surface area contributed by atoms with Crippen LogP contribution < -0.4 is 14.8 Å². The monoisotopic (exact) mass is 404 g/mol. The second kappa shape index (κ2) is 9.81. The maximum atomic E-state index is 12.9. The first-order valence-corrected chi connectivity index (χ1v) is 11.0. The van der Waals surface area contributed by atoms with Gasteiger partial charge in [-0.3, -0.25) is 9.69 Å². The van der Waals surface area contributed by atoms with Crippen LogP contribution in [0.5, 0.6) is 11.5 Å². The number of benzene rings is 1. The molecule has 6 heteroatoms. The number of hydrogen-bond donors (Lipinski definition) is 1.